The zero-order valence-electron chi connectivity index (χ0n) is 16.6. The van der Waals surface area contributed by atoms with Crippen LogP contribution in [0.25, 0.3) is 0 Å². The maximum Gasteiger partial charge on any atom is 0.178 e. The fourth-order valence-electron chi connectivity index (χ4n) is 4.52. The van der Waals surface area contributed by atoms with Crippen molar-refractivity contribution in [1.29, 1.82) is 10.5 Å². The van der Waals surface area contributed by atoms with Gasteiger partial charge in [0.05, 0.1) is 18.2 Å². The standard InChI is InChI=1S/C21H25N5S2/c1-5-27-21(28-6-2)20(13-23)14(3)15(4)25-17(16-10-8-7-9-11-16)19(20,12-22)18(24)26-21/h7-11,17,25H,5-6H2,1-4H3,(H2,24,26)/t17-,19+,20+/m0/s1. The molecule has 0 unspecified atom stereocenters. The summed E-state index contributed by atoms with van der Waals surface area (Å²) in [5.41, 5.74) is 6.76. The molecule has 3 N–H and O–H groups in total. The van der Waals surface area contributed by atoms with Crippen molar-refractivity contribution in [3.05, 3.63) is 47.2 Å². The van der Waals surface area contributed by atoms with Crippen molar-refractivity contribution in [3.63, 3.8) is 0 Å². The van der Waals surface area contributed by atoms with Crippen molar-refractivity contribution in [1.82, 2.24) is 5.32 Å². The first-order chi connectivity index (χ1) is 13.4. The Kier molecular flexibility index (Phi) is 5.44. The lowest BCUT2D eigenvalue weighted by atomic mass is 9.55. The van der Waals surface area contributed by atoms with Gasteiger partial charge in [-0.05, 0) is 36.5 Å². The molecule has 0 amide bonds. The van der Waals surface area contributed by atoms with Gasteiger partial charge in [-0.1, -0.05) is 44.2 Å². The lowest BCUT2D eigenvalue weighted by molar-refractivity contribution is 0.200. The molecule has 1 aromatic carbocycles. The fraction of sp³-hybridized carbons (Fsp3) is 0.476. The third-order valence-corrected chi connectivity index (χ3v) is 8.67. The van der Waals surface area contributed by atoms with Gasteiger partial charge in [0, 0.05) is 5.70 Å². The summed E-state index contributed by atoms with van der Waals surface area (Å²) in [7, 11) is 0. The number of amidine groups is 1. The van der Waals surface area contributed by atoms with Gasteiger partial charge in [-0.15, -0.1) is 23.5 Å². The summed E-state index contributed by atoms with van der Waals surface area (Å²) in [5.74, 6) is 1.78. The third-order valence-electron chi connectivity index (χ3n) is 5.81. The molecule has 2 aliphatic rings. The Bertz CT molecular complexity index is 905. The quantitative estimate of drug-likeness (QED) is 0.706. The molecule has 0 bridgehead atoms. The highest BCUT2D eigenvalue weighted by Gasteiger charge is 2.76. The number of hydrogen-bond donors (Lipinski definition) is 2. The molecule has 1 aromatic rings. The van der Waals surface area contributed by atoms with Gasteiger partial charge >= 0.3 is 0 Å². The largest absolute Gasteiger partial charge is 0.386 e. The number of thioether (sulfide) groups is 2. The SMILES string of the molecule is CCSC1(SCC)N=C(N)[C@@]2(C#N)[C@H](c3ccccc3)NC(C)=C(C)[C@@]12C#N. The highest BCUT2D eigenvalue weighted by atomic mass is 32.2. The van der Waals surface area contributed by atoms with Gasteiger partial charge in [-0.25, -0.2) is 4.99 Å². The normalized spacial score (nSPS) is 30.6. The van der Waals surface area contributed by atoms with E-state index >= 15 is 0 Å². The number of nitrogens with zero attached hydrogens (tertiary/aromatic N) is 3. The molecule has 0 aromatic heterocycles. The van der Waals surface area contributed by atoms with Crippen molar-refractivity contribution >= 4 is 29.4 Å². The topological polar surface area (TPSA) is 98.0 Å². The maximum atomic E-state index is 10.7. The first-order valence-corrected chi connectivity index (χ1v) is 11.3. The molecule has 0 aliphatic carbocycles. The molecule has 3 atom stereocenters. The van der Waals surface area contributed by atoms with Crippen molar-refractivity contribution in [2.75, 3.05) is 11.5 Å². The van der Waals surface area contributed by atoms with Crippen LogP contribution in [0.3, 0.4) is 0 Å². The number of hydrogen-bond acceptors (Lipinski definition) is 7. The van der Waals surface area contributed by atoms with Crippen molar-refractivity contribution in [2.45, 2.75) is 37.9 Å². The second kappa shape index (κ2) is 7.39. The number of nitriles is 2. The van der Waals surface area contributed by atoms with Crippen LogP contribution in [0.5, 0.6) is 0 Å². The van der Waals surface area contributed by atoms with Crippen LogP contribution in [0, 0.1) is 33.5 Å². The average molecular weight is 412 g/mol. The molecule has 28 heavy (non-hydrogen) atoms. The molecule has 0 radical (unpaired) electrons. The van der Waals surface area contributed by atoms with Crippen LogP contribution in [0.2, 0.25) is 0 Å². The summed E-state index contributed by atoms with van der Waals surface area (Å²) in [4.78, 5) is 4.89. The Hall–Kier alpha value is -2.09. The fourth-order valence-corrected chi connectivity index (χ4v) is 7.83. The number of fused-ring (bicyclic) bond motifs is 1. The number of rotatable bonds is 5. The van der Waals surface area contributed by atoms with Crippen molar-refractivity contribution in [3.8, 4) is 12.1 Å². The van der Waals surface area contributed by atoms with Crippen LogP contribution < -0.4 is 11.1 Å². The molecule has 3 rings (SSSR count). The summed E-state index contributed by atoms with van der Waals surface area (Å²) >= 11 is 3.20. The van der Waals surface area contributed by atoms with E-state index < -0.39 is 21.1 Å². The predicted octanol–water partition coefficient (Wildman–Crippen LogP) is 4.18. The van der Waals surface area contributed by atoms with E-state index in [1.54, 1.807) is 23.5 Å². The molecular weight excluding hydrogens is 386 g/mol. The average Bonchev–Trinajstić information content (AvgIpc) is 2.91. The smallest absolute Gasteiger partial charge is 0.178 e. The Balaban J connectivity index is 2.42. The minimum Gasteiger partial charge on any atom is -0.386 e. The molecule has 146 valence electrons. The molecule has 7 heteroatoms. The van der Waals surface area contributed by atoms with Crippen LogP contribution in [-0.4, -0.2) is 21.5 Å². The number of nitrogens with two attached hydrogens (primary N) is 1. The second-order valence-electron chi connectivity index (χ2n) is 6.96. The highest BCUT2D eigenvalue weighted by molar-refractivity contribution is 8.18. The number of benzene rings is 1. The number of allylic oxidation sites excluding steroid dienone is 1. The van der Waals surface area contributed by atoms with E-state index in [2.05, 4.69) is 17.5 Å². The minimum atomic E-state index is -1.29. The van der Waals surface area contributed by atoms with Gasteiger partial charge in [-0.2, -0.15) is 10.5 Å². The second-order valence-corrected chi connectivity index (χ2v) is 10.1. The van der Waals surface area contributed by atoms with E-state index in [1.807, 2.05) is 58.0 Å². The Morgan fingerprint density at radius 1 is 1.11 bits per heavy atom. The van der Waals surface area contributed by atoms with E-state index in [-0.39, 0.29) is 5.84 Å². The Labute approximate surface area is 175 Å². The van der Waals surface area contributed by atoms with E-state index in [4.69, 9.17) is 10.7 Å². The Morgan fingerprint density at radius 3 is 2.21 bits per heavy atom. The summed E-state index contributed by atoms with van der Waals surface area (Å²) in [6.07, 6.45) is 0. The number of nitrogens with one attached hydrogen (secondary N) is 1. The van der Waals surface area contributed by atoms with E-state index in [0.717, 1.165) is 28.3 Å². The summed E-state index contributed by atoms with van der Waals surface area (Å²) in [6.45, 7) is 8.01. The molecule has 0 saturated carbocycles. The van der Waals surface area contributed by atoms with E-state index in [0.29, 0.717) is 0 Å². The van der Waals surface area contributed by atoms with Gasteiger partial charge < -0.3 is 11.1 Å². The molecular formula is C21H25N5S2. The first-order valence-electron chi connectivity index (χ1n) is 9.36. The van der Waals surface area contributed by atoms with Crippen LogP contribution >= 0.6 is 23.5 Å². The molecule has 5 nitrogen and oxygen atoms in total. The molecule has 0 fully saturated rings. The van der Waals surface area contributed by atoms with Crippen LogP contribution in [0.1, 0.15) is 39.3 Å². The summed E-state index contributed by atoms with van der Waals surface area (Å²) in [5, 5.41) is 24.8. The van der Waals surface area contributed by atoms with Crippen LogP contribution in [0.4, 0.5) is 0 Å². The maximum absolute atomic E-state index is 10.7. The van der Waals surface area contributed by atoms with Crippen LogP contribution in [-0.2, 0) is 0 Å². The minimum absolute atomic E-state index is 0.242. The first kappa shape index (κ1) is 20.6. The summed E-state index contributed by atoms with van der Waals surface area (Å²) in [6, 6.07) is 14.4. The lowest BCUT2D eigenvalue weighted by Gasteiger charge is -2.52. The van der Waals surface area contributed by atoms with Gasteiger partial charge in [0.2, 0.25) is 0 Å². The van der Waals surface area contributed by atoms with Gasteiger partial charge in [0.15, 0.2) is 15.0 Å². The monoisotopic (exact) mass is 411 g/mol. The van der Waals surface area contributed by atoms with Crippen LogP contribution in [0.15, 0.2) is 46.6 Å². The lowest BCUT2D eigenvalue weighted by Crippen LogP contribution is -2.61. The van der Waals surface area contributed by atoms with Crippen molar-refractivity contribution in [2.24, 2.45) is 21.6 Å². The zero-order valence-corrected chi connectivity index (χ0v) is 18.2. The van der Waals surface area contributed by atoms with Gasteiger partial charge in [-0.3, -0.25) is 0 Å². The number of aliphatic imine (C=N–C) groups is 1. The summed E-state index contributed by atoms with van der Waals surface area (Å²) < 4.78 is -0.856. The molecule has 0 saturated heterocycles. The molecule has 2 aliphatic heterocycles. The van der Waals surface area contributed by atoms with Crippen molar-refractivity contribution < 1.29 is 0 Å². The predicted molar refractivity (Wildman–Crippen MR) is 117 cm³/mol. The van der Waals surface area contributed by atoms with Gasteiger partial charge in [0.1, 0.15) is 5.84 Å². The molecule has 0 spiro atoms. The zero-order chi connectivity index (χ0) is 20.6. The van der Waals surface area contributed by atoms with Gasteiger partial charge in [0.25, 0.3) is 0 Å². The van der Waals surface area contributed by atoms with E-state index in [1.165, 1.54) is 0 Å². The Morgan fingerprint density at radius 2 is 1.71 bits per heavy atom. The molecule has 2 heterocycles. The third kappa shape index (κ3) is 2.36. The highest BCUT2D eigenvalue weighted by Crippen LogP contribution is 2.71. The van der Waals surface area contributed by atoms with E-state index in [9.17, 15) is 10.5 Å².